The Morgan fingerprint density at radius 1 is 0.539 bits per heavy atom. The summed E-state index contributed by atoms with van der Waals surface area (Å²) in [5.41, 5.74) is 15.0. The maximum atomic E-state index is 14.9. The largest absolute Gasteiger partial charge is 0.509 e. The summed E-state index contributed by atoms with van der Waals surface area (Å²) >= 11 is 0. The Hall–Kier alpha value is -7.87. The number of aliphatic hydroxyl groups excluding tert-OH is 4. The average Bonchev–Trinajstić information content (AvgIpc) is 3.34. The van der Waals surface area contributed by atoms with E-state index in [2.05, 4.69) is 129 Å². The second kappa shape index (κ2) is 17.6. The molecule has 76 heavy (non-hydrogen) atoms. The number of fused-ring (bicyclic) bond motifs is 5. The number of hydrogen-bond acceptors (Lipinski definition) is 12. The number of aryl methyl sites for hydroxylation is 4. The molecule has 6 aromatic rings. The minimum absolute atomic E-state index is 0.110. The number of benzene rings is 6. The first-order valence-electron chi connectivity index (χ1n) is 25.7. The molecular formula is C62H70BN3O10. The number of nitrogens with zero attached hydrogens (tertiary/aromatic N) is 3. The summed E-state index contributed by atoms with van der Waals surface area (Å²) in [6.45, 7) is 31.5. The van der Waals surface area contributed by atoms with Gasteiger partial charge < -0.3 is 55.8 Å². The Labute approximate surface area is 445 Å². The van der Waals surface area contributed by atoms with Crippen LogP contribution < -0.4 is 31.1 Å². The second-order valence-electron chi connectivity index (χ2n) is 24.6. The minimum Gasteiger partial charge on any atom is -0.509 e. The molecule has 0 radical (unpaired) electrons. The zero-order valence-electron chi connectivity index (χ0n) is 46.2. The van der Waals surface area contributed by atoms with Gasteiger partial charge in [0, 0.05) is 22.7 Å². The first-order valence-corrected chi connectivity index (χ1v) is 25.7. The molecule has 0 spiro atoms. The van der Waals surface area contributed by atoms with Gasteiger partial charge in [0.15, 0.2) is 17.3 Å². The van der Waals surface area contributed by atoms with E-state index in [1.807, 2.05) is 38.1 Å². The van der Waals surface area contributed by atoms with Crippen LogP contribution in [0.4, 0.5) is 45.5 Å². The molecule has 396 valence electrons. The van der Waals surface area contributed by atoms with Gasteiger partial charge in [-0.05, 0) is 160 Å². The van der Waals surface area contributed by atoms with Crippen molar-refractivity contribution in [1.29, 1.82) is 0 Å². The summed E-state index contributed by atoms with van der Waals surface area (Å²) < 4.78 is 0. The summed E-state index contributed by atoms with van der Waals surface area (Å²) in [6.07, 6.45) is 1.96. The van der Waals surface area contributed by atoms with Crippen molar-refractivity contribution in [3.8, 4) is 28.7 Å². The highest BCUT2D eigenvalue weighted by molar-refractivity contribution is 7.00. The number of para-hydroxylation sites is 1. The number of phenolic OH excluding ortho intramolecular Hbond substituents is 5. The molecule has 0 fully saturated rings. The van der Waals surface area contributed by atoms with E-state index in [1.165, 1.54) is 22.8 Å². The fourth-order valence-corrected chi connectivity index (χ4v) is 11.7. The third-order valence-electron chi connectivity index (χ3n) is 16.2. The van der Waals surface area contributed by atoms with Crippen LogP contribution in [-0.4, -0.2) is 58.6 Å². The van der Waals surface area contributed by atoms with E-state index in [0.717, 1.165) is 92.4 Å². The zero-order valence-corrected chi connectivity index (χ0v) is 46.2. The van der Waals surface area contributed by atoms with Gasteiger partial charge in [0.05, 0.1) is 17.1 Å². The van der Waals surface area contributed by atoms with Crippen molar-refractivity contribution in [2.24, 2.45) is 0 Å². The van der Waals surface area contributed by atoms with E-state index in [4.69, 9.17) is 0 Å². The van der Waals surface area contributed by atoms with E-state index in [1.54, 1.807) is 6.07 Å². The molecule has 6 aromatic carbocycles. The number of anilines is 8. The molecule has 9 N–H and O–H groups in total. The Morgan fingerprint density at radius 3 is 1.47 bits per heavy atom. The number of rotatable bonds is 6. The first-order chi connectivity index (χ1) is 35.2. The number of allylic oxidation sites excluding steroid dienone is 1. The van der Waals surface area contributed by atoms with Crippen LogP contribution in [0, 0.1) is 27.7 Å². The molecule has 2 aliphatic heterocycles. The Balaban J connectivity index is 1.47. The van der Waals surface area contributed by atoms with Gasteiger partial charge in [0.1, 0.15) is 11.4 Å². The number of hydrogen-bond donors (Lipinski definition) is 9. The number of carbonyl (C=O) groups is 1. The topological polar surface area (TPSA) is 209 Å². The van der Waals surface area contributed by atoms with Crippen LogP contribution in [0.1, 0.15) is 134 Å². The molecule has 14 heteroatoms. The van der Waals surface area contributed by atoms with E-state index < -0.39 is 75.5 Å². The number of aliphatic hydroxyl groups is 4. The monoisotopic (exact) mass is 1030 g/mol. The third-order valence-corrected chi connectivity index (χ3v) is 16.2. The average molecular weight is 1030 g/mol. The number of aromatic hydroxyl groups is 5. The lowest BCUT2D eigenvalue weighted by Gasteiger charge is -2.48. The molecule has 2 heterocycles. The highest BCUT2D eigenvalue weighted by atomic mass is 16.4. The molecular weight excluding hydrogens is 958 g/mol. The van der Waals surface area contributed by atoms with Gasteiger partial charge in [-0.2, -0.15) is 0 Å². The number of carbonyl (C=O) groups excluding carboxylic acids is 1. The standard InChI is InChI=1S/C62H70BN3O10/c1-30-17-16-18-31(2)47(30)65-42-27-37(64(58(76)57(75)53(71)50(68)34(5)67)49-51(69)54(72)56(74)55(73)52(49)70)19-20-40(42)63-41-28-38-39(62(14,15)22-21-61(38,12)13)29-43(41)66(45-26-36(60(9,10)11)25-44(65)46(45)63)48-32(3)23-35(24-33(48)4)59(6,7)8/h16-20,23-29,67-75H,21-22H2,1-15H3/b50-34-,57-53?. The van der Waals surface area contributed by atoms with Gasteiger partial charge in [-0.25, -0.2) is 0 Å². The SMILES string of the molecule is C/C(O)=C(/O)C(O)=C(O)C(=O)N(c1ccc2c(c1)N(c1c(C)cccc1C)c1cc(C(C)(C)C)cc3c1B2c1cc2c(cc1N3c1c(C)cc(C(C)(C)C)cc1C)C(C)(C)CCC2(C)C)c1c(O)c(O)c(O)c(O)c1O. The van der Waals surface area contributed by atoms with E-state index >= 15 is 0 Å². The second-order valence-corrected chi connectivity index (χ2v) is 24.6. The van der Waals surface area contributed by atoms with Gasteiger partial charge >= 0.3 is 5.91 Å². The molecule has 0 saturated carbocycles. The molecule has 13 nitrogen and oxygen atoms in total. The van der Waals surface area contributed by atoms with E-state index in [0.29, 0.717) is 10.6 Å². The van der Waals surface area contributed by atoms with Gasteiger partial charge in [0.25, 0.3) is 6.71 Å². The number of phenols is 5. The Bertz CT molecular complexity index is 3480. The highest BCUT2D eigenvalue weighted by Gasteiger charge is 2.48. The van der Waals surface area contributed by atoms with Crippen LogP contribution in [0.5, 0.6) is 28.7 Å². The van der Waals surface area contributed by atoms with Crippen molar-refractivity contribution in [1.82, 2.24) is 0 Å². The fourth-order valence-electron chi connectivity index (χ4n) is 11.7. The van der Waals surface area contributed by atoms with Crippen molar-refractivity contribution >= 4 is 74.5 Å². The molecule has 0 unspecified atom stereocenters. The molecule has 0 atom stereocenters. The smallest absolute Gasteiger partial charge is 0.302 e. The van der Waals surface area contributed by atoms with Gasteiger partial charge in [-0.1, -0.05) is 112 Å². The summed E-state index contributed by atoms with van der Waals surface area (Å²) in [5, 5.41) is 98.5. The van der Waals surface area contributed by atoms with Crippen molar-refractivity contribution in [2.45, 2.75) is 138 Å². The number of amides is 1. The van der Waals surface area contributed by atoms with E-state index in [9.17, 15) is 50.8 Å². The normalized spacial score (nSPS) is 16.0. The predicted octanol–water partition coefficient (Wildman–Crippen LogP) is 12.8. The third kappa shape index (κ3) is 8.10. The predicted molar refractivity (Wildman–Crippen MR) is 304 cm³/mol. The first kappa shape index (κ1) is 53.0. The summed E-state index contributed by atoms with van der Waals surface area (Å²) in [5.74, 6) is -13.2. The van der Waals surface area contributed by atoms with Crippen molar-refractivity contribution in [2.75, 3.05) is 14.7 Å². The van der Waals surface area contributed by atoms with Crippen molar-refractivity contribution < 1.29 is 50.8 Å². The zero-order chi connectivity index (χ0) is 56.0. The van der Waals surface area contributed by atoms with Crippen molar-refractivity contribution in [3.63, 3.8) is 0 Å². The lowest BCUT2D eigenvalue weighted by molar-refractivity contribution is -0.117. The maximum Gasteiger partial charge on any atom is 0.302 e. The van der Waals surface area contributed by atoms with Gasteiger partial charge in [-0.3, -0.25) is 9.69 Å². The van der Waals surface area contributed by atoms with Gasteiger partial charge in [0.2, 0.25) is 28.8 Å². The molecule has 0 saturated heterocycles. The van der Waals surface area contributed by atoms with Crippen LogP contribution in [0.2, 0.25) is 0 Å². The molecule has 0 bridgehead atoms. The quantitative estimate of drug-likeness (QED) is 0.0190. The van der Waals surface area contributed by atoms with Crippen LogP contribution >= 0.6 is 0 Å². The molecule has 1 aliphatic carbocycles. The maximum absolute atomic E-state index is 14.9. The van der Waals surface area contributed by atoms with Crippen LogP contribution in [-0.2, 0) is 26.5 Å². The lowest BCUT2D eigenvalue weighted by atomic mass is 9.33. The van der Waals surface area contributed by atoms with Crippen LogP contribution in [0.3, 0.4) is 0 Å². The highest BCUT2D eigenvalue weighted by Crippen LogP contribution is 2.58. The Kier molecular flexibility index (Phi) is 12.3. The molecule has 3 aliphatic rings. The van der Waals surface area contributed by atoms with E-state index in [-0.39, 0.29) is 21.9 Å². The summed E-state index contributed by atoms with van der Waals surface area (Å²) in [7, 11) is 0. The molecule has 1 amide bonds. The summed E-state index contributed by atoms with van der Waals surface area (Å²) in [6, 6.07) is 25.0. The fraction of sp³-hybridized carbons (Fsp3) is 0.339. The molecule has 0 aromatic heterocycles. The summed E-state index contributed by atoms with van der Waals surface area (Å²) in [4.78, 5) is 20.0. The van der Waals surface area contributed by atoms with Crippen molar-refractivity contribution in [3.05, 3.63) is 140 Å². The minimum atomic E-state index is -1.59. The Morgan fingerprint density at radius 2 is 0.987 bits per heavy atom. The van der Waals surface area contributed by atoms with Gasteiger partial charge in [-0.15, -0.1) is 0 Å². The van der Waals surface area contributed by atoms with Crippen LogP contribution in [0.25, 0.3) is 0 Å². The van der Waals surface area contributed by atoms with Crippen LogP contribution in [0.15, 0.2) is 95.8 Å². The lowest BCUT2D eigenvalue weighted by Crippen LogP contribution is -2.62. The molecule has 9 rings (SSSR count).